The number of hydrogen-bond donors (Lipinski definition) is 0. The average molecular weight is 360 g/mol. The molecule has 0 spiro atoms. The van der Waals surface area contributed by atoms with E-state index in [4.69, 9.17) is 0 Å². The Balaban J connectivity index is 3.40. The molecule has 0 fully saturated rings. The van der Waals surface area contributed by atoms with E-state index in [2.05, 4.69) is 4.74 Å². The molecular weight excluding hydrogens is 359 g/mol. The van der Waals surface area contributed by atoms with Crippen molar-refractivity contribution in [1.82, 2.24) is 0 Å². The molecule has 0 saturated carbocycles. The van der Waals surface area contributed by atoms with Gasteiger partial charge >= 0.3 is 30.1 Å². The normalized spacial score (nSPS) is 24.1. The maximum Gasteiger partial charge on any atom is 0.434 e. The lowest BCUT2D eigenvalue weighted by molar-refractivity contribution is -0.325. The molecule has 1 rings (SSSR count). The van der Waals surface area contributed by atoms with Crippen LogP contribution in [0.2, 0.25) is 0 Å². The highest BCUT2D eigenvalue weighted by Gasteiger charge is 2.83. The highest BCUT2D eigenvalue weighted by atomic mass is 19.4. The Morgan fingerprint density at radius 2 is 1.09 bits per heavy atom. The van der Waals surface area contributed by atoms with Crippen LogP contribution in [0.5, 0.6) is 0 Å². The van der Waals surface area contributed by atoms with Gasteiger partial charge in [0.1, 0.15) is 0 Å². The van der Waals surface area contributed by atoms with Crippen LogP contribution >= 0.6 is 0 Å². The molecule has 0 saturated heterocycles. The summed E-state index contributed by atoms with van der Waals surface area (Å²) >= 11 is 0. The highest BCUT2D eigenvalue weighted by Crippen LogP contribution is 2.60. The lowest BCUT2D eigenvalue weighted by Crippen LogP contribution is -2.51. The molecule has 22 heavy (non-hydrogen) atoms. The van der Waals surface area contributed by atoms with E-state index in [1.165, 1.54) is 0 Å². The molecule has 0 N–H and O–H groups in total. The molecule has 0 aromatic heterocycles. The monoisotopic (exact) mass is 360 g/mol. The molecule has 0 radical (unpaired) electrons. The quantitative estimate of drug-likeness (QED) is 0.655. The SMILES string of the molecule is FC1=C(OC(C(F)(F)F)C(F)(F)F)C(F)(F)C(F)(F)C1(F)F. The van der Waals surface area contributed by atoms with E-state index in [9.17, 15) is 57.1 Å². The maximum atomic E-state index is 12.9. The van der Waals surface area contributed by atoms with Crippen molar-refractivity contribution in [2.45, 2.75) is 36.2 Å². The van der Waals surface area contributed by atoms with Gasteiger partial charge in [0.2, 0.25) is 11.6 Å². The van der Waals surface area contributed by atoms with Crippen molar-refractivity contribution < 1.29 is 61.8 Å². The second kappa shape index (κ2) is 4.57. The van der Waals surface area contributed by atoms with Crippen molar-refractivity contribution in [3.05, 3.63) is 11.6 Å². The van der Waals surface area contributed by atoms with Crippen molar-refractivity contribution in [2.24, 2.45) is 0 Å². The fourth-order valence-electron chi connectivity index (χ4n) is 1.32. The summed E-state index contributed by atoms with van der Waals surface area (Å²) in [7, 11) is 0. The van der Waals surface area contributed by atoms with Crippen LogP contribution in [0.3, 0.4) is 0 Å². The maximum absolute atomic E-state index is 12.9. The molecule has 14 heteroatoms. The van der Waals surface area contributed by atoms with Crippen LogP contribution in [0.1, 0.15) is 0 Å². The Kier molecular flexibility index (Phi) is 3.88. The fourth-order valence-corrected chi connectivity index (χ4v) is 1.32. The van der Waals surface area contributed by atoms with Gasteiger partial charge in [0.05, 0.1) is 0 Å². The van der Waals surface area contributed by atoms with Gasteiger partial charge in [0.15, 0.2) is 0 Å². The van der Waals surface area contributed by atoms with Gasteiger partial charge in [-0.3, -0.25) is 0 Å². The minimum Gasteiger partial charge on any atom is -0.466 e. The van der Waals surface area contributed by atoms with E-state index < -0.39 is 47.8 Å². The number of hydrogen-bond acceptors (Lipinski definition) is 1. The van der Waals surface area contributed by atoms with E-state index in [0.29, 0.717) is 0 Å². The number of allylic oxidation sites excluding steroid dienone is 2. The first-order chi connectivity index (χ1) is 9.38. The van der Waals surface area contributed by atoms with Crippen molar-refractivity contribution in [3.63, 3.8) is 0 Å². The Hall–Kier alpha value is -1.37. The summed E-state index contributed by atoms with van der Waals surface area (Å²) in [5.74, 6) is -27.0. The zero-order valence-electron chi connectivity index (χ0n) is 9.40. The summed E-state index contributed by atoms with van der Waals surface area (Å²) in [6.45, 7) is 0. The summed E-state index contributed by atoms with van der Waals surface area (Å²) in [5.41, 5.74) is 0. The Morgan fingerprint density at radius 1 is 0.727 bits per heavy atom. The van der Waals surface area contributed by atoms with Crippen molar-refractivity contribution in [2.75, 3.05) is 0 Å². The van der Waals surface area contributed by atoms with E-state index in [-0.39, 0.29) is 0 Å². The topological polar surface area (TPSA) is 9.23 Å². The van der Waals surface area contributed by atoms with Crippen LogP contribution in [0.4, 0.5) is 57.1 Å². The third-order valence-corrected chi connectivity index (χ3v) is 2.38. The first-order valence-corrected chi connectivity index (χ1v) is 4.72. The number of alkyl halides is 12. The molecule has 0 amide bonds. The van der Waals surface area contributed by atoms with Crippen LogP contribution in [-0.4, -0.2) is 36.2 Å². The predicted molar refractivity (Wildman–Crippen MR) is 40.0 cm³/mol. The summed E-state index contributed by atoms with van der Waals surface area (Å²) in [4.78, 5) is 0. The molecule has 1 aliphatic carbocycles. The molecular formula is C8HF13O. The molecule has 0 aromatic rings. The molecule has 0 bridgehead atoms. The molecule has 1 aliphatic rings. The van der Waals surface area contributed by atoms with Crippen LogP contribution in [0, 0.1) is 0 Å². The third-order valence-electron chi connectivity index (χ3n) is 2.38. The van der Waals surface area contributed by atoms with Crippen molar-refractivity contribution in [1.29, 1.82) is 0 Å². The second-order valence-electron chi connectivity index (χ2n) is 3.95. The molecule has 130 valence electrons. The first kappa shape index (κ1) is 18.7. The van der Waals surface area contributed by atoms with Crippen LogP contribution in [0.15, 0.2) is 11.6 Å². The fraction of sp³-hybridized carbons (Fsp3) is 0.750. The van der Waals surface area contributed by atoms with Gasteiger partial charge < -0.3 is 4.74 Å². The van der Waals surface area contributed by atoms with E-state index in [0.717, 1.165) is 0 Å². The average Bonchev–Trinajstić information content (AvgIpc) is 2.31. The summed E-state index contributed by atoms with van der Waals surface area (Å²) in [6.07, 6.45) is -18.2. The molecule has 0 unspecified atom stereocenters. The predicted octanol–water partition coefficient (Wildman–Crippen LogP) is 4.60. The smallest absolute Gasteiger partial charge is 0.434 e. The van der Waals surface area contributed by atoms with Gasteiger partial charge in [0.25, 0.3) is 6.10 Å². The zero-order chi connectivity index (χ0) is 17.9. The van der Waals surface area contributed by atoms with Gasteiger partial charge in [0, 0.05) is 0 Å². The first-order valence-electron chi connectivity index (χ1n) is 4.72. The molecule has 0 aliphatic heterocycles. The van der Waals surface area contributed by atoms with Crippen molar-refractivity contribution in [3.8, 4) is 0 Å². The Labute approximate surface area is 111 Å². The Morgan fingerprint density at radius 3 is 1.32 bits per heavy atom. The van der Waals surface area contributed by atoms with E-state index >= 15 is 0 Å². The largest absolute Gasteiger partial charge is 0.466 e. The van der Waals surface area contributed by atoms with E-state index in [1.54, 1.807) is 0 Å². The number of ether oxygens (including phenoxy) is 1. The summed E-state index contributed by atoms with van der Waals surface area (Å²) in [5, 5.41) is 0. The molecule has 0 heterocycles. The second-order valence-corrected chi connectivity index (χ2v) is 3.95. The molecule has 0 aromatic carbocycles. The number of rotatable bonds is 2. The third kappa shape index (κ3) is 2.45. The number of halogens is 13. The van der Waals surface area contributed by atoms with Crippen molar-refractivity contribution >= 4 is 0 Å². The minimum absolute atomic E-state index is 2.48. The van der Waals surface area contributed by atoms with Gasteiger partial charge in [-0.25, -0.2) is 4.39 Å². The van der Waals surface area contributed by atoms with Gasteiger partial charge in [-0.15, -0.1) is 0 Å². The van der Waals surface area contributed by atoms with Crippen LogP contribution < -0.4 is 0 Å². The van der Waals surface area contributed by atoms with Gasteiger partial charge in [-0.05, 0) is 0 Å². The summed E-state index contributed by atoms with van der Waals surface area (Å²) in [6, 6.07) is 0. The van der Waals surface area contributed by atoms with E-state index in [1.807, 2.05) is 0 Å². The summed E-state index contributed by atoms with van der Waals surface area (Å²) < 4.78 is 164. The highest BCUT2D eigenvalue weighted by molar-refractivity contribution is 5.33. The molecule has 1 nitrogen and oxygen atoms in total. The van der Waals surface area contributed by atoms with Crippen LogP contribution in [0.25, 0.3) is 0 Å². The van der Waals surface area contributed by atoms with Gasteiger partial charge in [-0.1, -0.05) is 0 Å². The molecule has 0 atom stereocenters. The Bertz CT molecular complexity index is 467. The lowest BCUT2D eigenvalue weighted by Gasteiger charge is -2.27. The standard InChI is InChI=1S/C8HF13O/c9-1-2(5(12,13)8(20,21)4(1,10)11)22-3(6(14,15)16)7(17,18)19/h3H. The zero-order valence-corrected chi connectivity index (χ0v) is 9.40. The minimum atomic E-state index is -6.61. The lowest BCUT2D eigenvalue weighted by atomic mass is 10.1. The van der Waals surface area contributed by atoms with Crippen LogP contribution in [-0.2, 0) is 4.74 Å². The van der Waals surface area contributed by atoms with Gasteiger partial charge in [-0.2, -0.15) is 52.7 Å².